The van der Waals surface area contributed by atoms with Crippen molar-refractivity contribution in [3.05, 3.63) is 29.3 Å². The average Bonchev–Trinajstić information content (AvgIpc) is 2.35. The first-order valence-corrected chi connectivity index (χ1v) is 8.67. The third kappa shape index (κ3) is 4.28. The van der Waals surface area contributed by atoms with Crippen LogP contribution in [0, 0.1) is 6.92 Å². The van der Waals surface area contributed by atoms with E-state index in [0.29, 0.717) is 18.0 Å². The van der Waals surface area contributed by atoms with Gasteiger partial charge in [-0.05, 0) is 42.5 Å². The lowest BCUT2D eigenvalue weighted by atomic mass is 10.1. The molecule has 0 bridgehead atoms. The van der Waals surface area contributed by atoms with Crippen LogP contribution in [0.3, 0.4) is 0 Å². The van der Waals surface area contributed by atoms with Crippen LogP contribution in [-0.2, 0) is 16.6 Å². The molecule has 0 fully saturated rings. The van der Waals surface area contributed by atoms with Gasteiger partial charge >= 0.3 is 0 Å². The molecule has 6 heteroatoms. The Balaban J connectivity index is 2.83. The van der Waals surface area contributed by atoms with E-state index in [1.807, 2.05) is 12.3 Å². The number of sulfonamides is 1. The minimum Gasteiger partial charge on any atom is -0.326 e. The molecule has 0 aliphatic carbocycles. The van der Waals surface area contributed by atoms with Gasteiger partial charge in [0.1, 0.15) is 0 Å². The number of nitrogens with two attached hydrogens (primary N) is 1. The molecule has 0 unspecified atom stereocenters. The molecule has 0 saturated carbocycles. The fourth-order valence-electron chi connectivity index (χ4n) is 1.56. The van der Waals surface area contributed by atoms with E-state index in [1.54, 1.807) is 30.8 Å². The minimum atomic E-state index is -3.42. The topological polar surface area (TPSA) is 72.2 Å². The van der Waals surface area contributed by atoms with Gasteiger partial charge in [0.15, 0.2) is 0 Å². The predicted molar refractivity (Wildman–Crippen MR) is 77.3 cm³/mol. The molecule has 18 heavy (non-hydrogen) atoms. The molecule has 0 amide bonds. The van der Waals surface area contributed by atoms with E-state index in [-0.39, 0.29) is 0 Å². The summed E-state index contributed by atoms with van der Waals surface area (Å²) < 4.78 is 26.9. The molecule has 0 radical (unpaired) electrons. The molecule has 0 heterocycles. The molecule has 1 rings (SSSR count). The molecule has 1 aromatic carbocycles. The van der Waals surface area contributed by atoms with Crippen LogP contribution in [0.5, 0.6) is 0 Å². The van der Waals surface area contributed by atoms with Crippen LogP contribution in [0.4, 0.5) is 0 Å². The Labute approximate surface area is 113 Å². The highest BCUT2D eigenvalue weighted by Gasteiger charge is 2.16. The van der Waals surface area contributed by atoms with Crippen LogP contribution in [-0.4, -0.2) is 27.0 Å². The highest BCUT2D eigenvalue weighted by Crippen LogP contribution is 2.16. The van der Waals surface area contributed by atoms with E-state index in [0.717, 1.165) is 23.3 Å². The highest BCUT2D eigenvalue weighted by molar-refractivity contribution is 7.98. The first-order valence-electron chi connectivity index (χ1n) is 5.79. The second kappa shape index (κ2) is 7.13. The number of rotatable bonds is 7. The molecule has 0 spiro atoms. The number of hydrogen-bond donors (Lipinski definition) is 2. The van der Waals surface area contributed by atoms with E-state index < -0.39 is 10.0 Å². The first kappa shape index (κ1) is 15.5. The lowest BCUT2D eigenvalue weighted by Gasteiger charge is -2.10. The summed E-state index contributed by atoms with van der Waals surface area (Å²) >= 11 is 1.71. The maximum Gasteiger partial charge on any atom is 0.240 e. The Hall–Kier alpha value is -0.560. The van der Waals surface area contributed by atoms with E-state index in [1.165, 1.54) is 0 Å². The van der Waals surface area contributed by atoms with Crippen molar-refractivity contribution in [3.63, 3.8) is 0 Å². The lowest BCUT2D eigenvalue weighted by molar-refractivity contribution is 0.580. The van der Waals surface area contributed by atoms with Crippen LogP contribution < -0.4 is 10.5 Å². The average molecular weight is 288 g/mol. The quantitative estimate of drug-likeness (QED) is 0.746. The van der Waals surface area contributed by atoms with Gasteiger partial charge in [-0.3, -0.25) is 0 Å². The Morgan fingerprint density at radius 3 is 2.72 bits per heavy atom. The smallest absolute Gasteiger partial charge is 0.240 e. The van der Waals surface area contributed by atoms with Gasteiger partial charge in [-0.25, -0.2) is 13.1 Å². The van der Waals surface area contributed by atoms with Crippen molar-refractivity contribution < 1.29 is 8.42 Å². The Bertz CT molecular complexity index is 487. The summed E-state index contributed by atoms with van der Waals surface area (Å²) in [6.07, 6.45) is 2.83. The van der Waals surface area contributed by atoms with Crippen LogP contribution in [0.2, 0.25) is 0 Å². The van der Waals surface area contributed by atoms with Crippen molar-refractivity contribution in [3.8, 4) is 0 Å². The summed E-state index contributed by atoms with van der Waals surface area (Å²) in [5.74, 6) is 0.949. The van der Waals surface area contributed by atoms with Gasteiger partial charge < -0.3 is 5.73 Å². The van der Waals surface area contributed by atoms with E-state index in [9.17, 15) is 8.42 Å². The maximum atomic E-state index is 12.1. The summed E-state index contributed by atoms with van der Waals surface area (Å²) in [5, 5.41) is 0. The largest absolute Gasteiger partial charge is 0.326 e. The minimum absolute atomic E-state index is 0.328. The van der Waals surface area contributed by atoms with Crippen molar-refractivity contribution in [2.75, 3.05) is 18.6 Å². The maximum absolute atomic E-state index is 12.1. The molecule has 0 saturated heterocycles. The molecular formula is C12H20N2O2S2. The standard InChI is InChI=1S/C12H20N2O2S2/c1-10-4-5-11(9-13)8-12(10)18(15,16)14-6-3-7-17-2/h4-5,8,14H,3,6-7,9,13H2,1-2H3. The fourth-order valence-corrected chi connectivity index (χ4v) is 3.36. The number of benzene rings is 1. The molecule has 0 aliphatic heterocycles. The SMILES string of the molecule is CSCCCNS(=O)(=O)c1cc(CN)ccc1C. The zero-order valence-corrected chi connectivity index (χ0v) is 12.4. The monoisotopic (exact) mass is 288 g/mol. The normalized spacial score (nSPS) is 11.7. The van der Waals surface area contributed by atoms with Crippen molar-refractivity contribution in [2.45, 2.75) is 24.8 Å². The summed E-state index contributed by atoms with van der Waals surface area (Å²) in [4.78, 5) is 0.328. The summed E-state index contributed by atoms with van der Waals surface area (Å²) in [7, 11) is -3.42. The van der Waals surface area contributed by atoms with E-state index >= 15 is 0 Å². The van der Waals surface area contributed by atoms with Crippen LogP contribution >= 0.6 is 11.8 Å². The van der Waals surface area contributed by atoms with Gasteiger partial charge in [-0.15, -0.1) is 0 Å². The highest BCUT2D eigenvalue weighted by atomic mass is 32.2. The fraction of sp³-hybridized carbons (Fsp3) is 0.500. The summed E-state index contributed by atoms with van der Waals surface area (Å²) in [6, 6.07) is 5.28. The third-order valence-electron chi connectivity index (χ3n) is 2.60. The Morgan fingerprint density at radius 2 is 2.11 bits per heavy atom. The molecule has 0 aromatic heterocycles. The van der Waals surface area contributed by atoms with Crippen molar-refractivity contribution in [2.24, 2.45) is 5.73 Å². The Morgan fingerprint density at radius 1 is 1.39 bits per heavy atom. The van der Waals surface area contributed by atoms with Gasteiger partial charge in [-0.2, -0.15) is 11.8 Å². The van der Waals surface area contributed by atoms with Gasteiger partial charge in [0, 0.05) is 13.1 Å². The summed E-state index contributed by atoms with van der Waals surface area (Å²) in [5.41, 5.74) is 7.10. The molecule has 4 nitrogen and oxygen atoms in total. The number of aryl methyl sites for hydroxylation is 1. The van der Waals surface area contributed by atoms with Crippen molar-refractivity contribution in [1.29, 1.82) is 0 Å². The van der Waals surface area contributed by atoms with Crippen molar-refractivity contribution in [1.82, 2.24) is 4.72 Å². The lowest BCUT2D eigenvalue weighted by Crippen LogP contribution is -2.26. The Kier molecular flexibility index (Phi) is 6.14. The van der Waals surface area contributed by atoms with E-state index in [2.05, 4.69) is 4.72 Å². The molecule has 102 valence electrons. The van der Waals surface area contributed by atoms with Crippen LogP contribution in [0.1, 0.15) is 17.5 Å². The molecule has 0 aliphatic rings. The summed E-state index contributed by atoms with van der Waals surface area (Å²) in [6.45, 7) is 2.60. The number of thioether (sulfide) groups is 1. The second-order valence-corrected chi connectivity index (χ2v) is 6.77. The molecular weight excluding hydrogens is 268 g/mol. The predicted octanol–water partition coefficient (Wildman–Crippen LogP) is 1.49. The van der Waals surface area contributed by atoms with Gasteiger partial charge in [0.2, 0.25) is 10.0 Å². The third-order valence-corrected chi connectivity index (χ3v) is 4.90. The van der Waals surface area contributed by atoms with E-state index in [4.69, 9.17) is 5.73 Å². The first-order chi connectivity index (χ1) is 8.51. The molecule has 0 atom stereocenters. The second-order valence-electron chi connectivity index (χ2n) is 4.05. The van der Waals surface area contributed by atoms with Gasteiger partial charge in [-0.1, -0.05) is 12.1 Å². The number of nitrogens with one attached hydrogen (secondary N) is 1. The van der Waals surface area contributed by atoms with Crippen molar-refractivity contribution >= 4 is 21.8 Å². The number of hydrogen-bond acceptors (Lipinski definition) is 4. The van der Waals surface area contributed by atoms with Gasteiger partial charge in [0.05, 0.1) is 4.90 Å². The molecule has 3 N–H and O–H groups in total. The zero-order valence-electron chi connectivity index (χ0n) is 10.8. The zero-order chi connectivity index (χ0) is 13.6. The van der Waals surface area contributed by atoms with Crippen LogP contribution in [0.25, 0.3) is 0 Å². The van der Waals surface area contributed by atoms with Gasteiger partial charge in [0.25, 0.3) is 0 Å². The van der Waals surface area contributed by atoms with Crippen LogP contribution in [0.15, 0.2) is 23.1 Å². The molecule has 1 aromatic rings.